The Kier molecular flexibility index (Phi) is 8.08. The summed E-state index contributed by atoms with van der Waals surface area (Å²) in [5, 5.41) is 12.2. The third-order valence-corrected chi connectivity index (χ3v) is 5.40. The summed E-state index contributed by atoms with van der Waals surface area (Å²) in [6, 6.07) is 11.0. The molecule has 2 aromatic carbocycles. The minimum absolute atomic E-state index is 0.145. The van der Waals surface area contributed by atoms with E-state index in [0.29, 0.717) is 0 Å². The smallest absolute Gasteiger partial charge is 0.407 e. The Labute approximate surface area is 192 Å². The van der Waals surface area contributed by atoms with E-state index in [1.54, 1.807) is 5.32 Å². The van der Waals surface area contributed by atoms with Gasteiger partial charge in [0.05, 0.1) is 12.8 Å². The van der Waals surface area contributed by atoms with Crippen molar-refractivity contribution in [2.24, 2.45) is 0 Å². The summed E-state index contributed by atoms with van der Waals surface area (Å²) in [6.07, 6.45) is -9.72. The van der Waals surface area contributed by atoms with Crippen LogP contribution in [0.5, 0.6) is 0 Å². The van der Waals surface area contributed by atoms with Crippen LogP contribution in [0.15, 0.2) is 48.5 Å². The maximum absolute atomic E-state index is 13.4. The van der Waals surface area contributed by atoms with Gasteiger partial charge in [0.1, 0.15) is 18.7 Å². The first-order valence-corrected chi connectivity index (χ1v) is 10.4. The van der Waals surface area contributed by atoms with Gasteiger partial charge in [-0.05, 0) is 22.3 Å². The van der Waals surface area contributed by atoms with Crippen LogP contribution < -0.4 is 10.6 Å². The molecule has 34 heavy (non-hydrogen) atoms. The van der Waals surface area contributed by atoms with Gasteiger partial charge in [-0.1, -0.05) is 48.5 Å². The lowest BCUT2D eigenvalue weighted by atomic mass is 9.98. The Hall–Kier alpha value is -3.63. The molecule has 3 N–H and O–H groups in total. The zero-order valence-electron chi connectivity index (χ0n) is 17.7. The van der Waals surface area contributed by atoms with Crippen molar-refractivity contribution in [1.29, 1.82) is 0 Å². The fourth-order valence-corrected chi connectivity index (χ4v) is 3.85. The number of amides is 2. The van der Waals surface area contributed by atoms with Crippen LogP contribution >= 0.6 is 0 Å². The van der Waals surface area contributed by atoms with Gasteiger partial charge < -0.3 is 20.5 Å². The van der Waals surface area contributed by atoms with E-state index in [2.05, 4.69) is 0 Å². The second kappa shape index (κ2) is 11.0. The minimum Gasteiger partial charge on any atom is -0.481 e. The number of aliphatic carboxylic acids is 1. The van der Waals surface area contributed by atoms with E-state index in [9.17, 15) is 31.9 Å². The van der Waals surface area contributed by atoms with Crippen molar-refractivity contribution in [1.82, 2.24) is 10.6 Å². The van der Waals surface area contributed by atoms with Gasteiger partial charge in [0, 0.05) is 5.92 Å². The highest BCUT2D eigenvalue weighted by atomic mass is 19.3. The highest BCUT2D eigenvalue weighted by Crippen LogP contribution is 2.44. The summed E-state index contributed by atoms with van der Waals surface area (Å²) in [7, 11) is 0. The lowest BCUT2D eigenvalue weighted by molar-refractivity contribution is -0.139. The maximum Gasteiger partial charge on any atom is 0.407 e. The van der Waals surface area contributed by atoms with E-state index in [1.807, 2.05) is 53.8 Å². The fourth-order valence-electron chi connectivity index (χ4n) is 3.85. The topological polar surface area (TPSA) is 105 Å². The van der Waals surface area contributed by atoms with Gasteiger partial charge >= 0.3 is 12.1 Å². The Morgan fingerprint density at radius 2 is 1.32 bits per heavy atom. The SMILES string of the molecule is O=C(O)CC(NC(=O)CC(NC(=O)OCC1c2ccccc2-c2ccccc21)C(F)F)C(F)F. The molecule has 0 heterocycles. The zero-order valence-corrected chi connectivity index (χ0v) is 17.7. The van der Waals surface area contributed by atoms with E-state index in [-0.39, 0.29) is 12.5 Å². The molecule has 0 saturated heterocycles. The zero-order chi connectivity index (χ0) is 24.8. The second-order valence-electron chi connectivity index (χ2n) is 7.72. The molecule has 0 spiro atoms. The Bertz CT molecular complexity index is 1000. The number of carboxylic acid groups (broad SMARTS) is 1. The number of carboxylic acids is 1. The van der Waals surface area contributed by atoms with Crippen molar-refractivity contribution in [3.05, 3.63) is 59.7 Å². The molecule has 3 rings (SSSR count). The number of fused-ring (bicyclic) bond motifs is 3. The van der Waals surface area contributed by atoms with Crippen molar-refractivity contribution >= 4 is 18.0 Å². The van der Waals surface area contributed by atoms with E-state index < -0.39 is 55.7 Å². The van der Waals surface area contributed by atoms with Crippen molar-refractivity contribution < 1.29 is 41.8 Å². The fraction of sp³-hybridized carbons (Fsp3) is 0.348. The monoisotopic (exact) mass is 482 g/mol. The summed E-state index contributed by atoms with van der Waals surface area (Å²) in [5.41, 5.74) is 3.78. The Morgan fingerprint density at radius 1 is 0.824 bits per heavy atom. The Morgan fingerprint density at radius 3 is 1.82 bits per heavy atom. The first-order chi connectivity index (χ1) is 16.2. The van der Waals surface area contributed by atoms with Gasteiger partial charge in [-0.2, -0.15) is 0 Å². The molecule has 7 nitrogen and oxygen atoms in total. The molecule has 0 fully saturated rings. The summed E-state index contributed by atoms with van der Waals surface area (Å²) in [4.78, 5) is 34.7. The largest absolute Gasteiger partial charge is 0.481 e. The molecule has 1 aliphatic carbocycles. The summed E-state index contributed by atoms with van der Waals surface area (Å²) < 4.78 is 57.6. The molecular weight excluding hydrogens is 460 g/mol. The number of hydrogen-bond acceptors (Lipinski definition) is 4. The van der Waals surface area contributed by atoms with Gasteiger partial charge in [0.25, 0.3) is 12.9 Å². The summed E-state index contributed by atoms with van der Waals surface area (Å²) in [6.45, 7) is -0.145. The number of alkyl carbamates (subject to hydrolysis) is 1. The molecule has 2 atom stereocenters. The van der Waals surface area contributed by atoms with Crippen LogP contribution in [0.2, 0.25) is 0 Å². The van der Waals surface area contributed by atoms with Crippen LogP contribution in [-0.4, -0.2) is 54.6 Å². The minimum atomic E-state index is -3.21. The average Bonchev–Trinajstić information content (AvgIpc) is 3.10. The van der Waals surface area contributed by atoms with Gasteiger partial charge in [-0.3, -0.25) is 9.59 Å². The Balaban J connectivity index is 1.59. The number of rotatable bonds is 10. The predicted octanol–water partition coefficient (Wildman–Crippen LogP) is 3.77. The van der Waals surface area contributed by atoms with Crippen molar-refractivity contribution in [2.75, 3.05) is 6.61 Å². The molecule has 11 heteroatoms. The van der Waals surface area contributed by atoms with Crippen LogP contribution in [-0.2, 0) is 14.3 Å². The average molecular weight is 482 g/mol. The number of carbonyl (C=O) groups excluding carboxylic acids is 2. The number of alkyl halides is 4. The van der Waals surface area contributed by atoms with Crippen LogP contribution in [0.4, 0.5) is 22.4 Å². The van der Waals surface area contributed by atoms with E-state index in [0.717, 1.165) is 22.3 Å². The van der Waals surface area contributed by atoms with E-state index in [1.165, 1.54) is 0 Å². The predicted molar refractivity (Wildman–Crippen MR) is 113 cm³/mol. The van der Waals surface area contributed by atoms with Gasteiger partial charge in [0.2, 0.25) is 5.91 Å². The standard InChI is InChI=1S/C23H22F4N2O5/c24-21(25)17(9-19(30)28-18(22(26)27)10-20(31)32)29-23(33)34-11-16-14-7-3-1-5-12(14)13-6-2-4-8-15(13)16/h1-8,16-18,21-22H,9-11H2,(H,28,30)(H,29,33)(H,31,32). The van der Waals surface area contributed by atoms with Gasteiger partial charge in [-0.15, -0.1) is 0 Å². The lowest BCUT2D eigenvalue weighted by Crippen LogP contribution is -2.47. The molecule has 0 bridgehead atoms. The maximum atomic E-state index is 13.4. The number of carbonyl (C=O) groups is 3. The van der Waals surface area contributed by atoms with Gasteiger partial charge in [0.15, 0.2) is 0 Å². The number of ether oxygens (including phenoxy) is 1. The van der Waals surface area contributed by atoms with E-state index >= 15 is 0 Å². The van der Waals surface area contributed by atoms with Crippen molar-refractivity contribution in [2.45, 2.75) is 43.7 Å². The molecule has 0 aliphatic heterocycles. The lowest BCUT2D eigenvalue weighted by Gasteiger charge is -2.21. The highest BCUT2D eigenvalue weighted by molar-refractivity contribution is 5.80. The van der Waals surface area contributed by atoms with Crippen LogP contribution in [0.1, 0.15) is 29.9 Å². The quantitative estimate of drug-likeness (QED) is 0.447. The summed E-state index contributed by atoms with van der Waals surface area (Å²) in [5.74, 6) is -3.15. The molecule has 2 amide bonds. The van der Waals surface area contributed by atoms with Crippen molar-refractivity contribution in [3.63, 3.8) is 0 Å². The molecule has 2 aromatic rings. The third-order valence-electron chi connectivity index (χ3n) is 5.40. The van der Waals surface area contributed by atoms with E-state index in [4.69, 9.17) is 9.84 Å². The molecule has 0 radical (unpaired) electrons. The molecule has 182 valence electrons. The van der Waals surface area contributed by atoms with Crippen LogP contribution in [0.25, 0.3) is 11.1 Å². The third kappa shape index (κ3) is 6.03. The molecule has 0 aromatic heterocycles. The highest BCUT2D eigenvalue weighted by Gasteiger charge is 2.32. The van der Waals surface area contributed by atoms with Crippen molar-refractivity contribution in [3.8, 4) is 11.1 Å². The second-order valence-corrected chi connectivity index (χ2v) is 7.72. The molecule has 2 unspecified atom stereocenters. The van der Waals surface area contributed by atoms with Crippen LogP contribution in [0, 0.1) is 0 Å². The first kappa shape index (κ1) is 25.0. The normalized spacial score (nSPS) is 14.3. The number of benzene rings is 2. The summed E-state index contributed by atoms with van der Waals surface area (Å²) >= 11 is 0. The first-order valence-electron chi connectivity index (χ1n) is 10.4. The number of hydrogen-bond donors (Lipinski definition) is 3. The van der Waals surface area contributed by atoms with Gasteiger partial charge in [-0.25, -0.2) is 22.4 Å². The number of nitrogens with one attached hydrogen (secondary N) is 2. The molecule has 1 aliphatic rings. The molecular formula is C23H22F4N2O5. The number of halogens is 4. The van der Waals surface area contributed by atoms with Crippen LogP contribution in [0.3, 0.4) is 0 Å². The molecule has 0 saturated carbocycles.